The van der Waals surface area contributed by atoms with Crippen LogP contribution in [0.4, 0.5) is 5.82 Å². The topological polar surface area (TPSA) is 132 Å². The van der Waals surface area contributed by atoms with E-state index in [1.807, 2.05) is 49.0 Å². The van der Waals surface area contributed by atoms with Gasteiger partial charge in [0.05, 0.1) is 18.3 Å². The highest BCUT2D eigenvalue weighted by atomic mass is 32.2. The van der Waals surface area contributed by atoms with E-state index >= 15 is 0 Å². The van der Waals surface area contributed by atoms with Gasteiger partial charge in [-0.05, 0) is 38.9 Å². The van der Waals surface area contributed by atoms with Gasteiger partial charge in [0.1, 0.15) is 11.4 Å². The molecular formula is C23H29N7O3S. The third kappa shape index (κ3) is 4.85. The summed E-state index contributed by atoms with van der Waals surface area (Å²) in [7, 11) is 3.99. The van der Waals surface area contributed by atoms with E-state index in [9.17, 15) is 14.4 Å². The van der Waals surface area contributed by atoms with Gasteiger partial charge in [-0.3, -0.25) is 24.0 Å². The van der Waals surface area contributed by atoms with Gasteiger partial charge in [-0.15, -0.1) is 10.2 Å². The van der Waals surface area contributed by atoms with Gasteiger partial charge >= 0.3 is 5.69 Å². The minimum Gasteiger partial charge on any atom is -0.384 e. The van der Waals surface area contributed by atoms with Crippen LogP contribution in [0.5, 0.6) is 0 Å². The highest BCUT2D eigenvalue weighted by molar-refractivity contribution is 7.99. The monoisotopic (exact) mass is 483 g/mol. The van der Waals surface area contributed by atoms with Gasteiger partial charge in [0.15, 0.2) is 16.8 Å². The zero-order valence-electron chi connectivity index (χ0n) is 19.5. The van der Waals surface area contributed by atoms with E-state index in [2.05, 4.69) is 27.0 Å². The SMILES string of the molecule is CCC(c1nnc(SCC(=O)c2c(N)n(C3CC3)c(=O)[nH]c2=O)n1Cc1ccccc1)N(C)C. The number of hydrogen-bond donors (Lipinski definition) is 2. The number of aromatic nitrogens is 5. The van der Waals surface area contributed by atoms with Crippen LogP contribution in [-0.2, 0) is 6.54 Å². The van der Waals surface area contributed by atoms with E-state index in [1.165, 1.54) is 16.3 Å². The molecule has 1 fully saturated rings. The number of Topliss-reactive ketones (excluding diaryl/α,β-unsaturated/α-hetero) is 1. The van der Waals surface area contributed by atoms with Crippen molar-refractivity contribution in [2.45, 2.75) is 50.0 Å². The van der Waals surface area contributed by atoms with E-state index in [1.54, 1.807) is 0 Å². The minimum atomic E-state index is -0.755. The van der Waals surface area contributed by atoms with Gasteiger partial charge < -0.3 is 10.3 Å². The Balaban J connectivity index is 1.62. The molecule has 0 saturated heterocycles. The zero-order valence-corrected chi connectivity index (χ0v) is 20.3. The average molecular weight is 484 g/mol. The summed E-state index contributed by atoms with van der Waals surface area (Å²) < 4.78 is 3.33. The van der Waals surface area contributed by atoms with Gasteiger partial charge in [0.25, 0.3) is 5.56 Å². The summed E-state index contributed by atoms with van der Waals surface area (Å²) in [6.45, 7) is 2.64. The zero-order chi connectivity index (χ0) is 24.4. The summed E-state index contributed by atoms with van der Waals surface area (Å²) in [4.78, 5) is 41.9. The summed E-state index contributed by atoms with van der Waals surface area (Å²) in [5, 5.41) is 9.40. The van der Waals surface area contributed by atoms with Crippen LogP contribution in [0.1, 0.15) is 60.0 Å². The van der Waals surface area contributed by atoms with E-state index < -0.39 is 17.0 Å². The van der Waals surface area contributed by atoms with Crippen molar-refractivity contribution in [3.8, 4) is 0 Å². The number of hydrogen-bond acceptors (Lipinski definition) is 8. The molecule has 0 spiro atoms. The maximum Gasteiger partial charge on any atom is 0.330 e. The molecule has 0 bridgehead atoms. The maximum absolute atomic E-state index is 13.0. The molecule has 180 valence electrons. The van der Waals surface area contributed by atoms with Crippen molar-refractivity contribution in [3.05, 3.63) is 68.1 Å². The van der Waals surface area contributed by atoms with Gasteiger partial charge in [-0.25, -0.2) is 4.79 Å². The first-order chi connectivity index (χ1) is 16.3. The summed E-state index contributed by atoms with van der Waals surface area (Å²) in [5.74, 6) is 0.244. The Bertz CT molecular complexity index is 1290. The Hall–Kier alpha value is -3.18. The minimum absolute atomic E-state index is 0.0537. The van der Waals surface area contributed by atoms with Crippen LogP contribution in [0, 0.1) is 0 Å². The van der Waals surface area contributed by atoms with Crippen molar-refractivity contribution in [1.82, 2.24) is 29.2 Å². The van der Waals surface area contributed by atoms with Crippen LogP contribution < -0.4 is 17.0 Å². The number of rotatable bonds is 10. The molecule has 11 heteroatoms. The molecule has 1 atom stereocenters. The second-order valence-corrected chi connectivity index (χ2v) is 9.58. The van der Waals surface area contributed by atoms with Crippen molar-refractivity contribution in [1.29, 1.82) is 0 Å². The Morgan fingerprint density at radius 2 is 1.94 bits per heavy atom. The fourth-order valence-electron chi connectivity index (χ4n) is 4.08. The van der Waals surface area contributed by atoms with Crippen LogP contribution >= 0.6 is 11.8 Å². The first-order valence-corrected chi connectivity index (χ1v) is 12.2. The summed E-state index contributed by atoms with van der Waals surface area (Å²) in [5.41, 5.74) is 5.68. The molecule has 1 unspecified atom stereocenters. The number of benzene rings is 1. The summed E-state index contributed by atoms with van der Waals surface area (Å²) >= 11 is 1.21. The number of H-pyrrole nitrogens is 1. The first-order valence-electron chi connectivity index (χ1n) is 11.3. The lowest BCUT2D eigenvalue weighted by Gasteiger charge is -2.23. The van der Waals surface area contributed by atoms with Crippen molar-refractivity contribution >= 4 is 23.4 Å². The summed E-state index contributed by atoms with van der Waals surface area (Å²) in [6.07, 6.45) is 2.45. The fourth-order valence-corrected chi connectivity index (χ4v) is 4.90. The van der Waals surface area contributed by atoms with Gasteiger partial charge in [0, 0.05) is 6.04 Å². The number of nitrogens with one attached hydrogen (secondary N) is 1. The number of nitrogens with two attached hydrogens (primary N) is 1. The smallest absolute Gasteiger partial charge is 0.330 e. The standard InChI is InChI=1S/C23H29N7O3S/c1-4-16(28(2)3)20-26-27-23(29(20)12-14-8-6-5-7-9-14)34-13-17(31)18-19(24)30(15-10-11-15)22(33)25-21(18)32/h5-9,15-16H,4,10-13,24H2,1-3H3,(H,25,32,33). The molecule has 34 heavy (non-hydrogen) atoms. The Kier molecular flexibility index (Phi) is 7.03. The Morgan fingerprint density at radius 1 is 1.24 bits per heavy atom. The van der Waals surface area contributed by atoms with Crippen molar-refractivity contribution in [2.24, 2.45) is 0 Å². The van der Waals surface area contributed by atoms with E-state index in [4.69, 9.17) is 5.73 Å². The highest BCUT2D eigenvalue weighted by Crippen LogP contribution is 2.35. The normalized spacial score (nSPS) is 14.5. The molecule has 1 aromatic carbocycles. The largest absolute Gasteiger partial charge is 0.384 e. The molecule has 3 N–H and O–H groups in total. The van der Waals surface area contributed by atoms with Crippen LogP contribution in [-0.4, -0.2) is 54.8 Å². The van der Waals surface area contributed by atoms with Gasteiger partial charge in [-0.2, -0.15) is 0 Å². The van der Waals surface area contributed by atoms with E-state index in [-0.39, 0.29) is 29.2 Å². The van der Waals surface area contributed by atoms with E-state index in [0.717, 1.165) is 30.7 Å². The predicted molar refractivity (Wildman–Crippen MR) is 131 cm³/mol. The molecule has 10 nitrogen and oxygen atoms in total. The van der Waals surface area contributed by atoms with Crippen LogP contribution in [0.15, 0.2) is 45.1 Å². The predicted octanol–water partition coefficient (Wildman–Crippen LogP) is 2.08. The number of carbonyl (C=O) groups is 1. The molecule has 2 aromatic heterocycles. The number of anilines is 1. The Labute approximate surface area is 201 Å². The number of thioether (sulfide) groups is 1. The van der Waals surface area contributed by atoms with Crippen molar-refractivity contribution in [3.63, 3.8) is 0 Å². The lowest BCUT2D eigenvalue weighted by atomic mass is 10.2. The number of aromatic amines is 1. The first kappa shape index (κ1) is 24.0. The number of nitrogens with zero attached hydrogens (tertiary/aromatic N) is 5. The molecule has 3 aromatic rings. The lowest BCUT2D eigenvalue weighted by molar-refractivity contribution is 0.102. The van der Waals surface area contributed by atoms with Gasteiger partial charge in [0.2, 0.25) is 0 Å². The molecule has 0 aliphatic heterocycles. The third-order valence-corrected chi connectivity index (χ3v) is 6.91. The molecule has 1 saturated carbocycles. The molecule has 2 heterocycles. The van der Waals surface area contributed by atoms with Crippen molar-refractivity contribution in [2.75, 3.05) is 25.6 Å². The Morgan fingerprint density at radius 3 is 2.56 bits per heavy atom. The quantitative estimate of drug-likeness (QED) is 0.331. The fraction of sp³-hybridized carbons (Fsp3) is 0.435. The molecule has 0 amide bonds. The third-order valence-electron chi connectivity index (χ3n) is 5.94. The molecule has 4 rings (SSSR count). The summed E-state index contributed by atoms with van der Waals surface area (Å²) in [6, 6.07) is 9.97. The second-order valence-electron chi connectivity index (χ2n) is 8.63. The molecular weight excluding hydrogens is 454 g/mol. The second kappa shape index (κ2) is 9.98. The van der Waals surface area contributed by atoms with Crippen LogP contribution in [0.25, 0.3) is 0 Å². The van der Waals surface area contributed by atoms with Crippen LogP contribution in [0.3, 0.4) is 0 Å². The molecule has 1 aliphatic rings. The number of nitrogen functional groups attached to an aromatic ring is 1. The van der Waals surface area contributed by atoms with Gasteiger partial charge in [-0.1, -0.05) is 49.0 Å². The van der Waals surface area contributed by atoms with Crippen molar-refractivity contribution < 1.29 is 4.79 Å². The number of ketones is 1. The molecule has 0 radical (unpaired) electrons. The molecule has 1 aliphatic carbocycles. The highest BCUT2D eigenvalue weighted by Gasteiger charge is 2.30. The maximum atomic E-state index is 13.0. The van der Waals surface area contributed by atoms with Crippen LogP contribution in [0.2, 0.25) is 0 Å². The van der Waals surface area contributed by atoms with E-state index in [0.29, 0.717) is 11.7 Å². The lowest BCUT2D eigenvalue weighted by Crippen LogP contribution is -2.36. The number of carbonyl (C=O) groups excluding carboxylic acids is 1. The average Bonchev–Trinajstić information content (AvgIpc) is 3.55.